The fraction of sp³-hybridized carbons (Fsp3) is 0.400. The molecule has 2 aliphatic rings. The molecule has 2 unspecified atom stereocenters. The van der Waals surface area contributed by atoms with E-state index < -0.39 is 11.4 Å². The lowest BCUT2D eigenvalue weighted by Crippen LogP contribution is -2.52. The maximum absolute atomic E-state index is 12.6. The Balaban J connectivity index is 2.23. The van der Waals surface area contributed by atoms with Gasteiger partial charge < -0.3 is 9.47 Å². The molecule has 2 atom stereocenters. The Kier molecular flexibility index (Phi) is 2.85. The first kappa shape index (κ1) is 12.8. The second-order valence-electron chi connectivity index (χ2n) is 5.05. The minimum absolute atomic E-state index is 0.0914. The molecule has 0 amide bonds. The number of esters is 1. The van der Waals surface area contributed by atoms with Crippen molar-refractivity contribution in [3.05, 3.63) is 35.5 Å². The minimum Gasteiger partial charge on any atom is -0.481 e. The van der Waals surface area contributed by atoms with Crippen LogP contribution in [-0.2, 0) is 26.2 Å². The monoisotopic (exact) mass is 273 g/mol. The number of nitrogens with zero attached hydrogens (tertiary/aromatic N) is 1. The van der Waals surface area contributed by atoms with Gasteiger partial charge in [0, 0.05) is 18.4 Å². The molecule has 2 aliphatic carbocycles. The Bertz CT molecular complexity index is 622. The lowest BCUT2D eigenvalue weighted by Gasteiger charge is -2.39. The van der Waals surface area contributed by atoms with Crippen molar-refractivity contribution in [2.75, 3.05) is 14.2 Å². The number of carbonyl (C=O) groups excluding carboxylic acids is 2. The molecule has 5 heteroatoms. The lowest BCUT2D eigenvalue weighted by molar-refractivity contribution is -0.153. The standard InChI is InChI=1S/C15H15NO4/c1-19-12-6-5-10-11(16-12)8-9-4-3-7-15(10,13(9)17)14(18)20-2/h3-6,9H,7-8H2,1-2H3. The molecule has 0 spiro atoms. The normalized spacial score (nSPS) is 26.9. The Morgan fingerprint density at radius 2 is 2.20 bits per heavy atom. The first-order chi connectivity index (χ1) is 9.63. The molecule has 104 valence electrons. The van der Waals surface area contributed by atoms with Crippen molar-refractivity contribution >= 4 is 11.8 Å². The molecule has 1 aromatic heterocycles. The highest BCUT2D eigenvalue weighted by Gasteiger charge is 2.55. The van der Waals surface area contributed by atoms with Crippen molar-refractivity contribution < 1.29 is 19.1 Å². The molecule has 0 radical (unpaired) electrons. The molecule has 1 aromatic rings. The van der Waals surface area contributed by atoms with E-state index in [-0.39, 0.29) is 11.7 Å². The summed E-state index contributed by atoms with van der Waals surface area (Å²) in [7, 11) is 2.85. The molecular formula is C15H15NO4. The number of hydrogen-bond acceptors (Lipinski definition) is 5. The number of fused-ring (bicyclic) bond motifs is 4. The van der Waals surface area contributed by atoms with Crippen molar-refractivity contribution in [3.63, 3.8) is 0 Å². The third-order valence-electron chi connectivity index (χ3n) is 4.11. The molecule has 5 nitrogen and oxygen atoms in total. The Morgan fingerprint density at radius 3 is 2.90 bits per heavy atom. The highest BCUT2D eigenvalue weighted by Crippen LogP contribution is 2.44. The molecule has 0 N–H and O–H groups in total. The quantitative estimate of drug-likeness (QED) is 0.460. The highest BCUT2D eigenvalue weighted by atomic mass is 16.5. The molecular weight excluding hydrogens is 258 g/mol. The number of ether oxygens (including phenoxy) is 2. The van der Waals surface area contributed by atoms with Crippen molar-refractivity contribution in [1.29, 1.82) is 0 Å². The summed E-state index contributed by atoms with van der Waals surface area (Å²) >= 11 is 0. The topological polar surface area (TPSA) is 65.5 Å². The molecule has 0 saturated heterocycles. The zero-order valence-electron chi connectivity index (χ0n) is 11.4. The molecule has 1 heterocycles. The molecule has 0 saturated carbocycles. The molecule has 0 aromatic carbocycles. The Morgan fingerprint density at radius 1 is 1.40 bits per heavy atom. The number of hydrogen-bond donors (Lipinski definition) is 0. The second-order valence-corrected chi connectivity index (χ2v) is 5.05. The van der Waals surface area contributed by atoms with Crippen LogP contribution in [0.5, 0.6) is 5.88 Å². The number of Topliss-reactive ketones (excluding diaryl/α,β-unsaturated/α-hetero) is 1. The van der Waals surface area contributed by atoms with Crippen LogP contribution in [0.4, 0.5) is 0 Å². The van der Waals surface area contributed by atoms with Crippen LogP contribution in [0.3, 0.4) is 0 Å². The molecule has 20 heavy (non-hydrogen) atoms. The maximum Gasteiger partial charge on any atom is 0.324 e. The summed E-state index contributed by atoms with van der Waals surface area (Å²) in [4.78, 5) is 29.3. The van der Waals surface area contributed by atoms with Gasteiger partial charge >= 0.3 is 5.97 Å². The minimum atomic E-state index is -1.24. The van der Waals surface area contributed by atoms with E-state index >= 15 is 0 Å². The summed E-state index contributed by atoms with van der Waals surface area (Å²) in [6, 6.07) is 3.43. The third kappa shape index (κ3) is 1.52. The summed E-state index contributed by atoms with van der Waals surface area (Å²) in [6.45, 7) is 0. The summed E-state index contributed by atoms with van der Waals surface area (Å²) in [6.07, 6.45) is 4.57. The van der Waals surface area contributed by atoms with E-state index in [1.807, 2.05) is 12.2 Å². The van der Waals surface area contributed by atoms with Gasteiger partial charge in [-0.3, -0.25) is 9.59 Å². The van der Waals surface area contributed by atoms with Gasteiger partial charge in [0.1, 0.15) is 0 Å². The average molecular weight is 273 g/mol. The van der Waals surface area contributed by atoms with Gasteiger partial charge in [-0.05, 0) is 12.0 Å². The second kappa shape index (κ2) is 4.44. The van der Waals surface area contributed by atoms with Gasteiger partial charge in [0.15, 0.2) is 11.2 Å². The highest BCUT2D eigenvalue weighted by molar-refractivity contribution is 6.13. The van der Waals surface area contributed by atoms with Crippen LogP contribution in [0, 0.1) is 5.92 Å². The molecule has 0 fully saturated rings. The number of aromatic nitrogens is 1. The largest absolute Gasteiger partial charge is 0.481 e. The first-order valence-corrected chi connectivity index (χ1v) is 6.47. The summed E-state index contributed by atoms with van der Waals surface area (Å²) in [5.41, 5.74) is 0.153. The number of ketones is 1. The third-order valence-corrected chi connectivity index (χ3v) is 4.11. The van der Waals surface area contributed by atoms with Gasteiger partial charge in [-0.2, -0.15) is 0 Å². The van der Waals surface area contributed by atoms with Crippen molar-refractivity contribution in [2.45, 2.75) is 18.3 Å². The Labute approximate surface area is 116 Å². The van der Waals surface area contributed by atoms with E-state index in [0.717, 1.165) is 5.69 Å². The average Bonchev–Trinajstić information content (AvgIpc) is 2.46. The van der Waals surface area contributed by atoms with Crippen LogP contribution in [-0.4, -0.2) is 31.0 Å². The van der Waals surface area contributed by atoms with Crippen molar-refractivity contribution in [3.8, 4) is 5.88 Å². The number of methoxy groups -OCH3 is 2. The van der Waals surface area contributed by atoms with Gasteiger partial charge in [0.05, 0.1) is 19.9 Å². The van der Waals surface area contributed by atoms with Gasteiger partial charge in [0.25, 0.3) is 0 Å². The maximum atomic E-state index is 12.6. The fourth-order valence-electron chi connectivity index (χ4n) is 3.13. The van der Waals surface area contributed by atoms with Crippen LogP contribution in [0.2, 0.25) is 0 Å². The van der Waals surface area contributed by atoms with E-state index in [1.165, 1.54) is 7.11 Å². The number of carbonyl (C=O) groups is 2. The first-order valence-electron chi connectivity index (χ1n) is 6.47. The van der Waals surface area contributed by atoms with Gasteiger partial charge in [-0.25, -0.2) is 4.98 Å². The van der Waals surface area contributed by atoms with Crippen LogP contribution >= 0.6 is 0 Å². The summed E-state index contributed by atoms with van der Waals surface area (Å²) in [5.74, 6) is -0.425. The van der Waals surface area contributed by atoms with Crippen molar-refractivity contribution in [2.24, 2.45) is 5.92 Å². The Hall–Kier alpha value is -2.17. The predicted molar refractivity (Wildman–Crippen MR) is 70.4 cm³/mol. The molecule has 3 rings (SSSR count). The van der Waals surface area contributed by atoms with Crippen LogP contribution in [0.1, 0.15) is 17.7 Å². The van der Waals surface area contributed by atoms with E-state index in [9.17, 15) is 9.59 Å². The predicted octanol–water partition coefficient (Wildman–Crippen LogP) is 1.20. The van der Waals surface area contributed by atoms with E-state index in [4.69, 9.17) is 9.47 Å². The number of rotatable bonds is 2. The smallest absolute Gasteiger partial charge is 0.324 e. The molecule has 0 aliphatic heterocycles. The number of allylic oxidation sites excluding steroid dienone is 2. The summed E-state index contributed by atoms with van der Waals surface area (Å²) in [5, 5.41) is 0. The van der Waals surface area contributed by atoms with Crippen LogP contribution in [0.15, 0.2) is 24.3 Å². The van der Waals surface area contributed by atoms with Crippen molar-refractivity contribution in [1.82, 2.24) is 4.98 Å². The van der Waals surface area contributed by atoms with Gasteiger partial charge in [-0.1, -0.05) is 18.2 Å². The SMILES string of the molecule is COC(=O)C12CC=CC(Cc3nc(OC)ccc31)C2=O. The van der Waals surface area contributed by atoms with Gasteiger partial charge in [-0.15, -0.1) is 0 Å². The molecule has 2 bridgehead atoms. The fourth-order valence-corrected chi connectivity index (χ4v) is 3.13. The van der Waals surface area contributed by atoms with Crippen LogP contribution < -0.4 is 4.74 Å². The van der Waals surface area contributed by atoms with E-state index in [2.05, 4.69) is 4.98 Å². The summed E-state index contributed by atoms with van der Waals surface area (Å²) < 4.78 is 10.0. The van der Waals surface area contributed by atoms with E-state index in [0.29, 0.717) is 24.3 Å². The number of pyridine rings is 1. The zero-order chi connectivity index (χ0) is 14.3. The van der Waals surface area contributed by atoms with E-state index in [1.54, 1.807) is 19.2 Å². The van der Waals surface area contributed by atoms with Gasteiger partial charge in [0.2, 0.25) is 5.88 Å². The van der Waals surface area contributed by atoms with Crippen LogP contribution in [0.25, 0.3) is 0 Å². The zero-order valence-corrected chi connectivity index (χ0v) is 11.4. The lowest BCUT2D eigenvalue weighted by atomic mass is 9.62.